The summed E-state index contributed by atoms with van der Waals surface area (Å²) in [7, 11) is 0. The third kappa shape index (κ3) is 2.80. The van der Waals surface area contributed by atoms with E-state index in [0.29, 0.717) is 10.4 Å². The van der Waals surface area contributed by atoms with Gasteiger partial charge in [-0.05, 0) is 25.1 Å². The van der Waals surface area contributed by atoms with E-state index in [4.69, 9.17) is 5.10 Å². The molecule has 28 heavy (non-hydrogen) atoms. The van der Waals surface area contributed by atoms with Crippen molar-refractivity contribution in [2.24, 2.45) is 0 Å². The number of nitrogens with zero attached hydrogens (tertiary/aromatic N) is 5. The highest BCUT2D eigenvalue weighted by atomic mass is 32.1. The van der Waals surface area contributed by atoms with Crippen LogP contribution in [0.4, 0.5) is 13.2 Å². The predicted molar refractivity (Wildman–Crippen MR) is 99.8 cm³/mol. The molecule has 4 aromatic rings. The van der Waals surface area contributed by atoms with Crippen LogP contribution < -0.4 is 5.32 Å². The van der Waals surface area contributed by atoms with Crippen molar-refractivity contribution in [1.29, 1.82) is 0 Å². The SMILES string of the molecule is C[C@H]1CNCc2cc(-c3ccnc4cc(-c5cnn(C(F)(F)F)c5)sc34)nn21. The van der Waals surface area contributed by atoms with Crippen molar-refractivity contribution in [3.63, 3.8) is 0 Å². The summed E-state index contributed by atoms with van der Waals surface area (Å²) >= 11 is 1.39. The summed E-state index contributed by atoms with van der Waals surface area (Å²) in [5.74, 6) is 0. The zero-order valence-corrected chi connectivity index (χ0v) is 15.6. The lowest BCUT2D eigenvalue weighted by Crippen LogP contribution is -2.31. The first-order chi connectivity index (χ1) is 13.4. The number of rotatable bonds is 2. The van der Waals surface area contributed by atoms with Gasteiger partial charge in [0.25, 0.3) is 0 Å². The van der Waals surface area contributed by atoms with Crippen molar-refractivity contribution in [3.8, 4) is 21.7 Å². The summed E-state index contributed by atoms with van der Waals surface area (Å²) in [6, 6.07) is 6.01. The maximum absolute atomic E-state index is 12.8. The second-order valence-corrected chi connectivity index (χ2v) is 7.82. The summed E-state index contributed by atoms with van der Waals surface area (Å²) < 4.78 is 41.4. The van der Waals surface area contributed by atoms with E-state index < -0.39 is 6.30 Å². The fourth-order valence-corrected chi connectivity index (χ4v) is 4.56. The molecule has 0 aromatic carbocycles. The Balaban J connectivity index is 1.60. The number of aromatic nitrogens is 5. The van der Waals surface area contributed by atoms with Gasteiger partial charge in [-0.1, -0.05) is 0 Å². The van der Waals surface area contributed by atoms with Crippen LogP contribution in [0, 0.1) is 0 Å². The van der Waals surface area contributed by atoms with Gasteiger partial charge in [-0.3, -0.25) is 9.67 Å². The fourth-order valence-electron chi connectivity index (χ4n) is 3.44. The number of nitrogens with one attached hydrogen (secondary N) is 1. The van der Waals surface area contributed by atoms with Gasteiger partial charge in [0.05, 0.1) is 33.8 Å². The van der Waals surface area contributed by atoms with Crippen LogP contribution in [0.3, 0.4) is 0 Å². The van der Waals surface area contributed by atoms with Gasteiger partial charge in [-0.15, -0.1) is 24.5 Å². The molecule has 10 heteroatoms. The van der Waals surface area contributed by atoms with Crippen LogP contribution in [-0.2, 0) is 12.8 Å². The molecule has 1 atom stereocenters. The van der Waals surface area contributed by atoms with Gasteiger partial charge >= 0.3 is 6.30 Å². The summed E-state index contributed by atoms with van der Waals surface area (Å²) in [5.41, 5.74) is 4.03. The average Bonchev–Trinajstić information content (AvgIpc) is 3.37. The molecule has 5 heterocycles. The Morgan fingerprint density at radius 3 is 2.89 bits per heavy atom. The van der Waals surface area contributed by atoms with Crippen LogP contribution in [0.1, 0.15) is 18.7 Å². The predicted octanol–water partition coefficient (Wildman–Crippen LogP) is 4.16. The number of halogens is 3. The molecule has 0 radical (unpaired) electrons. The molecule has 0 bridgehead atoms. The zero-order chi connectivity index (χ0) is 19.5. The highest BCUT2D eigenvalue weighted by molar-refractivity contribution is 7.22. The normalized spacial score (nSPS) is 17.2. The Bertz CT molecular complexity index is 1170. The van der Waals surface area contributed by atoms with Gasteiger partial charge in [0.2, 0.25) is 0 Å². The average molecular weight is 404 g/mol. The molecule has 0 spiro atoms. The summed E-state index contributed by atoms with van der Waals surface area (Å²) in [5, 5.41) is 11.5. The Kier molecular flexibility index (Phi) is 3.81. The van der Waals surface area contributed by atoms with E-state index >= 15 is 0 Å². The summed E-state index contributed by atoms with van der Waals surface area (Å²) in [6.45, 7) is 3.74. The van der Waals surface area contributed by atoms with Crippen molar-refractivity contribution in [2.45, 2.75) is 25.8 Å². The molecular formula is C18H15F3N6S. The van der Waals surface area contributed by atoms with E-state index in [0.717, 1.165) is 46.5 Å². The number of hydrogen-bond donors (Lipinski definition) is 1. The molecule has 0 unspecified atom stereocenters. The second-order valence-electron chi connectivity index (χ2n) is 6.77. The van der Waals surface area contributed by atoms with Crippen LogP contribution in [0.2, 0.25) is 0 Å². The summed E-state index contributed by atoms with van der Waals surface area (Å²) in [4.78, 5) is 5.06. The van der Waals surface area contributed by atoms with Crippen molar-refractivity contribution in [2.75, 3.05) is 6.54 Å². The van der Waals surface area contributed by atoms with Crippen molar-refractivity contribution in [3.05, 3.63) is 42.5 Å². The van der Waals surface area contributed by atoms with Gasteiger partial charge in [-0.2, -0.15) is 14.9 Å². The lowest BCUT2D eigenvalue weighted by atomic mass is 10.1. The molecule has 6 nitrogen and oxygen atoms in total. The smallest absolute Gasteiger partial charge is 0.309 e. The highest BCUT2D eigenvalue weighted by Gasteiger charge is 2.32. The van der Waals surface area contributed by atoms with Crippen molar-refractivity contribution < 1.29 is 13.2 Å². The highest BCUT2D eigenvalue weighted by Crippen LogP contribution is 2.39. The maximum Gasteiger partial charge on any atom is 0.504 e. The molecule has 0 aliphatic carbocycles. The monoisotopic (exact) mass is 404 g/mol. The third-order valence-corrected chi connectivity index (χ3v) is 6.00. The van der Waals surface area contributed by atoms with Crippen LogP contribution >= 0.6 is 11.3 Å². The summed E-state index contributed by atoms with van der Waals surface area (Å²) in [6.07, 6.45) is -0.612. The number of thiophene rings is 1. The first-order valence-corrected chi connectivity index (χ1v) is 9.52. The lowest BCUT2D eigenvalue weighted by Gasteiger charge is -2.21. The molecule has 0 fully saturated rings. The van der Waals surface area contributed by atoms with Gasteiger partial charge in [0.1, 0.15) is 0 Å². The van der Waals surface area contributed by atoms with Crippen LogP contribution in [0.5, 0.6) is 0 Å². The lowest BCUT2D eigenvalue weighted by molar-refractivity contribution is -0.212. The minimum Gasteiger partial charge on any atom is -0.309 e. The molecular weight excluding hydrogens is 389 g/mol. The Morgan fingerprint density at radius 2 is 2.14 bits per heavy atom. The first kappa shape index (κ1) is 17.4. The molecule has 144 valence electrons. The topological polar surface area (TPSA) is 60.6 Å². The Labute approximate surface area is 161 Å². The van der Waals surface area contributed by atoms with E-state index in [1.165, 1.54) is 17.5 Å². The number of fused-ring (bicyclic) bond motifs is 2. The second kappa shape index (κ2) is 6.14. The molecule has 1 aliphatic rings. The van der Waals surface area contributed by atoms with Gasteiger partial charge < -0.3 is 5.32 Å². The van der Waals surface area contributed by atoms with Crippen molar-refractivity contribution in [1.82, 2.24) is 29.9 Å². The van der Waals surface area contributed by atoms with Crippen LogP contribution in [0.15, 0.2) is 36.8 Å². The fraction of sp³-hybridized carbons (Fsp3) is 0.278. The standard InChI is InChI=1S/C18H15F3N6S/c1-10-6-22-8-12-4-14(25-27(10)12)13-2-3-23-15-5-16(28-17(13)15)11-7-24-26(9-11)18(19,20)21/h2-5,7,9-10,22H,6,8H2,1H3/t10-/m0/s1. The molecule has 0 saturated carbocycles. The Hall–Kier alpha value is -2.72. The molecule has 1 N–H and O–H groups in total. The van der Waals surface area contributed by atoms with E-state index in [1.807, 2.05) is 10.7 Å². The van der Waals surface area contributed by atoms with E-state index in [9.17, 15) is 13.2 Å². The minimum atomic E-state index is -4.53. The largest absolute Gasteiger partial charge is 0.504 e. The third-order valence-electron chi connectivity index (χ3n) is 4.79. The van der Waals surface area contributed by atoms with E-state index in [1.54, 1.807) is 12.3 Å². The van der Waals surface area contributed by atoms with Gasteiger partial charge in [0.15, 0.2) is 0 Å². The first-order valence-electron chi connectivity index (χ1n) is 8.70. The number of hydrogen-bond acceptors (Lipinski definition) is 5. The van der Waals surface area contributed by atoms with Crippen LogP contribution in [0.25, 0.3) is 31.9 Å². The number of pyridine rings is 1. The zero-order valence-electron chi connectivity index (χ0n) is 14.7. The molecule has 5 rings (SSSR count). The number of alkyl halides is 3. The molecule has 1 aliphatic heterocycles. The van der Waals surface area contributed by atoms with Crippen molar-refractivity contribution >= 4 is 21.6 Å². The molecule has 0 saturated heterocycles. The van der Waals surface area contributed by atoms with E-state index in [-0.39, 0.29) is 10.7 Å². The minimum absolute atomic E-state index is 0.0128. The van der Waals surface area contributed by atoms with Gasteiger partial charge in [-0.25, -0.2) is 0 Å². The van der Waals surface area contributed by atoms with Gasteiger partial charge in [0, 0.05) is 41.5 Å². The molecule has 0 amide bonds. The van der Waals surface area contributed by atoms with Crippen LogP contribution in [-0.4, -0.2) is 31.1 Å². The quantitative estimate of drug-likeness (QED) is 0.545. The maximum atomic E-state index is 12.8. The Morgan fingerprint density at radius 1 is 1.29 bits per heavy atom. The van der Waals surface area contributed by atoms with E-state index in [2.05, 4.69) is 28.4 Å². The molecule has 4 aromatic heterocycles.